The van der Waals surface area contributed by atoms with E-state index in [0.717, 1.165) is 39.0 Å². The van der Waals surface area contributed by atoms with Crippen molar-refractivity contribution < 1.29 is 9.32 Å². The molecule has 0 spiro atoms. The summed E-state index contributed by atoms with van der Waals surface area (Å²) in [6.07, 6.45) is 2.68. The number of halogens is 1. The van der Waals surface area contributed by atoms with Crippen LogP contribution in [0.4, 0.5) is 0 Å². The number of amides is 1. The summed E-state index contributed by atoms with van der Waals surface area (Å²) in [7, 11) is 0. The number of hydrogen-bond donors (Lipinski definition) is 0. The zero-order valence-corrected chi connectivity index (χ0v) is 18.6. The van der Waals surface area contributed by atoms with Crippen LogP contribution in [0.3, 0.4) is 0 Å². The van der Waals surface area contributed by atoms with Crippen molar-refractivity contribution in [1.29, 1.82) is 0 Å². The summed E-state index contributed by atoms with van der Waals surface area (Å²) in [6.45, 7) is 6.64. The average Bonchev–Trinajstić information content (AvgIpc) is 3.30. The largest absolute Gasteiger partial charge is 0.361 e. The first-order chi connectivity index (χ1) is 14.4. The molecule has 4 heterocycles. The van der Waals surface area contributed by atoms with Crippen molar-refractivity contribution in [2.24, 2.45) is 0 Å². The van der Waals surface area contributed by atoms with E-state index in [1.165, 1.54) is 11.1 Å². The van der Waals surface area contributed by atoms with Crippen molar-refractivity contribution in [3.05, 3.63) is 75.3 Å². The quantitative estimate of drug-likeness (QED) is 0.412. The van der Waals surface area contributed by atoms with Crippen molar-refractivity contribution >= 4 is 27.4 Å². The van der Waals surface area contributed by atoms with Gasteiger partial charge in [0, 0.05) is 22.8 Å². The Morgan fingerprint density at radius 1 is 1.20 bits per heavy atom. The number of aromatic nitrogens is 3. The number of pyridine rings is 1. The van der Waals surface area contributed by atoms with Gasteiger partial charge in [-0.05, 0) is 84.1 Å². The van der Waals surface area contributed by atoms with E-state index < -0.39 is 0 Å². The molecule has 1 amide bonds. The second kappa shape index (κ2) is 7.09. The van der Waals surface area contributed by atoms with Gasteiger partial charge in [0.05, 0.1) is 17.3 Å². The molecule has 0 N–H and O–H groups in total. The first-order valence-corrected chi connectivity index (χ1v) is 10.7. The van der Waals surface area contributed by atoms with Crippen molar-refractivity contribution in [2.75, 3.05) is 6.54 Å². The lowest BCUT2D eigenvalue weighted by atomic mass is 9.89. The summed E-state index contributed by atoms with van der Waals surface area (Å²) in [6, 6.07) is 12.1. The molecule has 0 fully saturated rings. The van der Waals surface area contributed by atoms with E-state index in [4.69, 9.17) is 4.52 Å². The number of carbonyl (C=O) groups is 1. The third kappa shape index (κ3) is 3.04. The fraction of sp³-hybridized carbons (Fsp3) is 0.261. The average molecular weight is 465 g/mol. The zero-order chi connectivity index (χ0) is 21.0. The van der Waals surface area contributed by atoms with Crippen LogP contribution in [0.2, 0.25) is 0 Å². The first kappa shape index (κ1) is 19.1. The molecule has 0 radical (unpaired) electrons. The van der Waals surface area contributed by atoms with E-state index in [9.17, 15) is 4.79 Å². The second-order valence-electron chi connectivity index (χ2n) is 7.78. The number of fused-ring (bicyclic) bond motifs is 2. The lowest BCUT2D eigenvalue weighted by Gasteiger charge is -2.35. The van der Waals surface area contributed by atoms with Crippen LogP contribution in [0.15, 0.2) is 51.6 Å². The van der Waals surface area contributed by atoms with Gasteiger partial charge in [-0.25, -0.2) is 4.52 Å². The Morgan fingerprint density at radius 2 is 2.03 bits per heavy atom. The van der Waals surface area contributed by atoms with Crippen LogP contribution in [-0.4, -0.2) is 32.1 Å². The fourth-order valence-corrected chi connectivity index (χ4v) is 4.68. The van der Waals surface area contributed by atoms with Gasteiger partial charge in [0.15, 0.2) is 5.69 Å². The fourth-order valence-electron chi connectivity index (χ4n) is 4.36. The molecule has 152 valence electrons. The molecule has 0 saturated heterocycles. The van der Waals surface area contributed by atoms with Gasteiger partial charge in [0.1, 0.15) is 5.76 Å². The second-order valence-corrected chi connectivity index (χ2v) is 8.70. The molecule has 1 aliphatic heterocycles. The number of aryl methyl sites for hydroxylation is 2. The molecule has 6 nitrogen and oxygen atoms in total. The number of rotatable bonds is 2. The van der Waals surface area contributed by atoms with Crippen molar-refractivity contribution in [3.8, 4) is 11.1 Å². The Bertz CT molecular complexity index is 1270. The number of hydrogen-bond acceptors (Lipinski definition) is 4. The van der Waals surface area contributed by atoms with E-state index in [1.54, 1.807) is 4.52 Å². The Kier molecular flexibility index (Phi) is 4.50. The smallest absolute Gasteiger partial charge is 0.274 e. The molecule has 7 heteroatoms. The van der Waals surface area contributed by atoms with Gasteiger partial charge in [-0.1, -0.05) is 17.3 Å². The Balaban J connectivity index is 1.49. The lowest BCUT2D eigenvalue weighted by Crippen LogP contribution is -2.39. The highest BCUT2D eigenvalue weighted by Crippen LogP contribution is 2.35. The molecule has 1 atom stereocenters. The van der Waals surface area contributed by atoms with Crippen molar-refractivity contribution in [3.63, 3.8) is 0 Å². The van der Waals surface area contributed by atoms with Crippen LogP contribution in [0.25, 0.3) is 16.6 Å². The normalized spacial score (nSPS) is 16.1. The Hall–Kier alpha value is -2.93. The molecule has 4 aromatic rings. The Morgan fingerprint density at radius 3 is 2.80 bits per heavy atom. The van der Waals surface area contributed by atoms with E-state index >= 15 is 0 Å². The minimum absolute atomic E-state index is 0.0433. The minimum atomic E-state index is -0.0456. The summed E-state index contributed by atoms with van der Waals surface area (Å²) >= 11 is 3.45. The van der Waals surface area contributed by atoms with Crippen LogP contribution in [0.5, 0.6) is 0 Å². The molecule has 0 bridgehead atoms. The van der Waals surface area contributed by atoms with Gasteiger partial charge < -0.3 is 9.42 Å². The summed E-state index contributed by atoms with van der Waals surface area (Å²) in [4.78, 5) is 15.2. The van der Waals surface area contributed by atoms with Gasteiger partial charge in [-0.2, -0.15) is 5.10 Å². The third-order valence-electron chi connectivity index (χ3n) is 5.91. The van der Waals surface area contributed by atoms with Crippen LogP contribution >= 0.6 is 15.9 Å². The van der Waals surface area contributed by atoms with Crippen LogP contribution < -0.4 is 0 Å². The molecular formula is C23H21BrN4O2. The molecule has 1 aliphatic rings. The summed E-state index contributed by atoms with van der Waals surface area (Å²) in [5.41, 5.74) is 6.78. The monoisotopic (exact) mass is 464 g/mol. The van der Waals surface area contributed by atoms with Gasteiger partial charge in [0.25, 0.3) is 5.91 Å². The zero-order valence-electron chi connectivity index (χ0n) is 17.0. The van der Waals surface area contributed by atoms with Crippen LogP contribution in [0.1, 0.15) is 46.0 Å². The number of nitrogens with zero attached hydrogens (tertiary/aromatic N) is 4. The number of benzene rings is 1. The predicted molar refractivity (Wildman–Crippen MR) is 117 cm³/mol. The van der Waals surface area contributed by atoms with Crippen LogP contribution in [-0.2, 0) is 6.42 Å². The lowest BCUT2D eigenvalue weighted by molar-refractivity contribution is 0.0671. The van der Waals surface area contributed by atoms with Gasteiger partial charge >= 0.3 is 0 Å². The highest BCUT2D eigenvalue weighted by molar-refractivity contribution is 9.10. The molecule has 0 saturated carbocycles. The van der Waals surface area contributed by atoms with Gasteiger partial charge in [-0.15, -0.1) is 0 Å². The van der Waals surface area contributed by atoms with E-state index in [1.807, 2.05) is 43.1 Å². The van der Waals surface area contributed by atoms with E-state index in [0.29, 0.717) is 12.2 Å². The van der Waals surface area contributed by atoms with E-state index in [-0.39, 0.29) is 11.9 Å². The van der Waals surface area contributed by atoms with Crippen molar-refractivity contribution in [1.82, 2.24) is 19.7 Å². The molecule has 0 aliphatic carbocycles. The molecule has 3 aromatic heterocycles. The Labute approximate surface area is 182 Å². The molecular weight excluding hydrogens is 444 g/mol. The van der Waals surface area contributed by atoms with Crippen LogP contribution in [0, 0.1) is 13.8 Å². The maximum Gasteiger partial charge on any atom is 0.274 e. The minimum Gasteiger partial charge on any atom is -0.361 e. The summed E-state index contributed by atoms with van der Waals surface area (Å²) < 4.78 is 8.00. The molecule has 5 rings (SSSR count). The number of carbonyl (C=O) groups excluding carboxylic acids is 1. The predicted octanol–water partition coefficient (Wildman–Crippen LogP) is 5.13. The highest BCUT2D eigenvalue weighted by atomic mass is 79.9. The molecule has 1 unspecified atom stereocenters. The SMILES string of the molecule is Cc1noc(C)c1-c1ccc2c(c1)C(C)N(C(=O)c1cc3ccc(Br)cn3n1)CC2. The maximum absolute atomic E-state index is 13.3. The summed E-state index contributed by atoms with van der Waals surface area (Å²) in [5.74, 6) is 0.760. The van der Waals surface area contributed by atoms with E-state index in [2.05, 4.69) is 51.3 Å². The standard InChI is InChI=1S/C23H21BrN4O2/c1-13-22(15(3)30-26-13)17-5-4-16-8-9-27(14(2)20(16)10-17)23(29)21-11-19-7-6-18(24)12-28(19)25-21/h4-7,10-12,14H,8-9H2,1-3H3. The third-order valence-corrected chi connectivity index (χ3v) is 6.38. The first-order valence-electron chi connectivity index (χ1n) is 9.94. The maximum atomic E-state index is 13.3. The summed E-state index contributed by atoms with van der Waals surface area (Å²) in [5, 5.41) is 8.58. The molecule has 1 aromatic carbocycles. The highest BCUT2D eigenvalue weighted by Gasteiger charge is 2.30. The van der Waals surface area contributed by atoms with Gasteiger partial charge in [0.2, 0.25) is 0 Å². The van der Waals surface area contributed by atoms with Gasteiger partial charge in [-0.3, -0.25) is 4.79 Å². The van der Waals surface area contributed by atoms with Crippen molar-refractivity contribution in [2.45, 2.75) is 33.2 Å². The topological polar surface area (TPSA) is 63.6 Å². The molecule has 30 heavy (non-hydrogen) atoms.